The Morgan fingerprint density at radius 1 is 1.15 bits per heavy atom. The van der Waals surface area contributed by atoms with Crippen molar-refractivity contribution in [2.75, 3.05) is 32.9 Å². The van der Waals surface area contributed by atoms with Crippen molar-refractivity contribution in [2.24, 2.45) is 0 Å². The van der Waals surface area contributed by atoms with Crippen molar-refractivity contribution in [3.63, 3.8) is 0 Å². The average molecular weight is 464 g/mol. The van der Waals surface area contributed by atoms with E-state index in [-0.39, 0.29) is 24.7 Å². The smallest absolute Gasteiger partial charge is 0.226 e. The summed E-state index contributed by atoms with van der Waals surface area (Å²) >= 11 is 0. The maximum Gasteiger partial charge on any atom is 0.226 e. The van der Waals surface area contributed by atoms with Gasteiger partial charge in [0.1, 0.15) is 11.6 Å². The van der Waals surface area contributed by atoms with E-state index in [1.165, 1.54) is 17.7 Å². The Bertz CT molecular complexity index is 1100. The van der Waals surface area contributed by atoms with Gasteiger partial charge in [-0.05, 0) is 53.9 Å². The SMILES string of the molecule is CCOc1ccc(-c2ccc(CC(=O)NCc3cccc(F)c3)nc2)c(CN2CCOCC2)c1. The van der Waals surface area contributed by atoms with Gasteiger partial charge in [-0.25, -0.2) is 4.39 Å². The van der Waals surface area contributed by atoms with Gasteiger partial charge < -0.3 is 14.8 Å². The van der Waals surface area contributed by atoms with Crippen LogP contribution in [0.4, 0.5) is 4.39 Å². The topological polar surface area (TPSA) is 63.7 Å². The van der Waals surface area contributed by atoms with Gasteiger partial charge in [-0.3, -0.25) is 14.7 Å². The lowest BCUT2D eigenvalue weighted by Gasteiger charge is -2.27. The third-order valence-corrected chi connectivity index (χ3v) is 5.74. The highest BCUT2D eigenvalue weighted by atomic mass is 19.1. The maximum absolute atomic E-state index is 13.3. The molecule has 3 aromatic rings. The molecule has 178 valence electrons. The van der Waals surface area contributed by atoms with E-state index in [1.807, 2.05) is 31.3 Å². The number of morpholine rings is 1. The number of nitrogens with one attached hydrogen (secondary N) is 1. The number of amides is 1. The van der Waals surface area contributed by atoms with Gasteiger partial charge in [0.05, 0.1) is 26.2 Å². The highest BCUT2D eigenvalue weighted by Crippen LogP contribution is 2.29. The molecule has 2 aromatic carbocycles. The predicted molar refractivity (Wildman–Crippen MR) is 129 cm³/mol. The first-order valence-corrected chi connectivity index (χ1v) is 11.6. The monoisotopic (exact) mass is 463 g/mol. The first kappa shape index (κ1) is 23.9. The zero-order chi connectivity index (χ0) is 23.8. The van der Waals surface area contributed by atoms with E-state index in [9.17, 15) is 9.18 Å². The van der Waals surface area contributed by atoms with Gasteiger partial charge >= 0.3 is 0 Å². The Morgan fingerprint density at radius 2 is 2.00 bits per heavy atom. The van der Waals surface area contributed by atoms with Crippen LogP contribution in [-0.2, 0) is 29.0 Å². The van der Waals surface area contributed by atoms with E-state index in [1.54, 1.807) is 12.1 Å². The molecular weight excluding hydrogens is 433 g/mol. The van der Waals surface area contributed by atoms with E-state index in [0.29, 0.717) is 12.3 Å². The van der Waals surface area contributed by atoms with Crippen molar-refractivity contribution in [1.29, 1.82) is 0 Å². The van der Waals surface area contributed by atoms with Crippen LogP contribution in [0.25, 0.3) is 11.1 Å². The van der Waals surface area contributed by atoms with Crippen LogP contribution >= 0.6 is 0 Å². The molecule has 7 heteroatoms. The molecule has 1 N–H and O–H groups in total. The molecule has 0 bridgehead atoms. The summed E-state index contributed by atoms with van der Waals surface area (Å²) in [4.78, 5) is 19.2. The summed E-state index contributed by atoms with van der Waals surface area (Å²) in [7, 11) is 0. The fourth-order valence-corrected chi connectivity index (χ4v) is 4.00. The van der Waals surface area contributed by atoms with Crippen LogP contribution in [0.3, 0.4) is 0 Å². The molecule has 1 aliphatic rings. The standard InChI is InChI=1S/C27H30FN3O3/c1-2-34-25-8-9-26(22(15-25)19-31-10-12-33-13-11-31)21-6-7-24(29-18-21)16-27(32)30-17-20-4-3-5-23(28)14-20/h3-9,14-15,18H,2,10-13,16-17,19H2,1H3,(H,30,32). The minimum absolute atomic E-state index is 0.154. The van der Waals surface area contributed by atoms with Gasteiger partial charge in [-0.15, -0.1) is 0 Å². The lowest BCUT2D eigenvalue weighted by Crippen LogP contribution is -2.35. The van der Waals surface area contributed by atoms with Crippen LogP contribution in [0, 0.1) is 5.82 Å². The average Bonchev–Trinajstić information content (AvgIpc) is 2.85. The molecule has 0 radical (unpaired) electrons. The number of carbonyl (C=O) groups is 1. The van der Waals surface area contributed by atoms with Crippen LogP contribution in [-0.4, -0.2) is 48.7 Å². The van der Waals surface area contributed by atoms with Gasteiger partial charge in [-0.1, -0.05) is 24.3 Å². The lowest BCUT2D eigenvalue weighted by atomic mass is 9.99. The molecule has 0 spiro atoms. The molecule has 0 atom stereocenters. The Kier molecular flexibility index (Phi) is 8.22. The second-order valence-electron chi connectivity index (χ2n) is 8.26. The molecule has 1 amide bonds. The number of ether oxygens (including phenoxy) is 2. The first-order valence-electron chi connectivity index (χ1n) is 11.6. The fraction of sp³-hybridized carbons (Fsp3) is 0.333. The zero-order valence-electron chi connectivity index (χ0n) is 19.4. The van der Waals surface area contributed by atoms with Gasteiger partial charge in [0.15, 0.2) is 0 Å². The number of aromatic nitrogens is 1. The third-order valence-electron chi connectivity index (χ3n) is 5.74. The van der Waals surface area contributed by atoms with Gasteiger partial charge in [0, 0.05) is 43.6 Å². The highest BCUT2D eigenvalue weighted by molar-refractivity contribution is 5.78. The van der Waals surface area contributed by atoms with E-state index >= 15 is 0 Å². The van der Waals surface area contributed by atoms with Crippen LogP contribution < -0.4 is 10.1 Å². The quantitative estimate of drug-likeness (QED) is 0.520. The molecule has 0 aliphatic carbocycles. The molecule has 6 nitrogen and oxygen atoms in total. The molecule has 1 aromatic heterocycles. The van der Waals surface area contributed by atoms with Crippen LogP contribution in [0.2, 0.25) is 0 Å². The molecule has 0 saturated carbocycles. The summed E-state index contributed by atoms with van der Waals surface area (Å²) < 4.78 is 24.5. The number of hydrogen-bond acceptors (Lipinski definition) is 5. The number of nitrogens with zero attached hydrogens (tertiary/aromatic N) is 2. The molecule has 1 saturated heterocycles. The maximum atomic E-state index is 13.3. The van der Waals surface area contributed by atoms with Crippen molar-refractivity contribution in [1.82, 2.24) is 15.2 Å². The summed E-state index contributed by atoms with van der Waals surface area (Å²) in [6, 6.07) is 16.2. The number of halogens is 1. The first-order chi connectivity index (χ1) is 16.6. The molecule has 34 heavy (non-hydrogen) atoms. The van der Waals surface area contributed by atoms with Gasteiger partial charge in [0.2, 0.25) is 5.91 Å². The van der Waals surface area contributed by atoms with Crippen molar-refractivity contribution in [3.8, 4) is 16.9 Å². The van der Waals surface area contributed by atoms with Crippen LogP contribution in [0.5, 0.6) is 5.75 Å². The molecular formula is C27H30FN3O3. The normalized spacial score (nSPS) is 14.1. The Morgan fingerprint density at radius 3 is 2.74 bits per heavy atom. The second kappa shape index (κ2) is 11.7. The Labute approximate surface area is 199 Å². The van der Waals surface area contributed by atoms with Crippen molar-refractivity contribution in [3.05, 3.63) is 83.4 Å². The highest BCUT2D eigenvalue weighted by Gasteiger charge is 2.15. The lowest BCUT2D eigenvalue weighted by molar-refractivity contribution is -0.120. The van der Waals surface area contributed by atoms with E-state index in [0.717, 1.165) is 55.3 Å². The number of rotatable bonds is 9. The minimum Gasteiger partial charge on any atom is -0.494 e. The third kappa shape index (κ3) is 6.62. The number of pyridine rings is 1. The largest absolute Gasteiger partial charge is 0.494 e. The van der Waals surface area contributed by atoms with E-state index in [4.69, 9.17) is 9.47 Å². The summed E-state index contributed by atoms with van der Waals surface area (Å²) in [5.74, 6) is 0.388. The molecule has 2 heterocycles. The molecule has 4 rings (SSSR count). The van der Waals surface area contributed by atoms with E-state index < -0.39 is 0 Å². The summed E-state index contributed by atoms with van der Waals surface area (Å²) in [5.41, 5.74) is 4.68. The van der Waals surface area contributed by atoms with Crippen LogP contribution in [0.1, 0.15) is 23.7 Å². The van der Waals surface area contributed by atoms with Crippen molar-refractivity contribution in [2.45, 2.75) is 26.4 Å². The molecule has 1 aliphatic heterocycles. The number of hydrogen-bond donors (Lipinski definition) is 1. The van der Waals surface area contributed by atoms with Gasteiger partial charge in [-0.2, -0.15) is 0 Å². The minimum atomic E-state index is -0.314. The van der Waals surface area contributed by atoms with Crippen molar-refractivity contribution >= 4 is 5.91 Å². The van der Waals surface area contributed by atoms with Crippen LogP contribution in [0.15, 0.2) is 60.8 Å². The summed E-state index contributed by atoms with van der Waals surface area (Å²) in [6.45, 7) is 6.99. The van der Waals surface area contributed by atoms with Crippen molar-refractivity contribution < 1.29 is 18.7 Å². The predicted octanol–water partition coefficient (Wildman–Crippen LogP) is 3.98. The Balaban J connectivity index is 1.43. The second-order valence-corrected chi connectivity index (χ2v) is 8.26. The summed E-state index contributed by atoms with van der Waals surface area (Å²) in [6.07, 6.45) is 1.98. The van der Waals surface area contributed by atoms with Gasteiger partial charge in [0.25, 0.3) is 0 Å². The fourth-order valence-electron chi connectivity index (χ4n) is 4.00. The number of benzene rings is 2. The zero-order valence-corrected chi connectivity index (χ0v) is 19.4. The summed E-state index contributed by atoms with van der Waals surface area (Å²) in [5, 5.41) is 2.82. The van der Waals surface area contributed by atoms with E-state index in [2.05, 4.69) is 27.3 Å². The Hall–Kier alpha value is -3.29. The molecule has 1 fully saturated rings. The number of carbonyl (C=O) groups excluding carboxylic acids is 1. The molecule has 0 unspecified atom stereocenters.